The van der Waals surface area contributed by atoms with Gasteiger partial charge < -0.3 is 51.5 Å². The van der Waals surface area contributed by atoms with E-state index in [1.54, 1.807) is 23.6 Å². The molecule has 422 valence electrons. The number of aromatic amines is 1. The number of benzene rings is 2. The van der Waals surface area contributed by atoms with Crippen molar-refractivity contribution in [3.63, 3.8) is 0 Å². The molecule has 2 saturated heterocycles. The lowest BCUT2D eigenvalue weighted by molar-refractivity contribution is -0.144. The molecule has 18 nitrogen and oxygen atoms in total. The number of aryl methyl sites for hydroxylation is 3. The molecule has 0 unspecified atom stereocenters. The Bertz CT molecular complexity index is 3010. The van der Waals surface area contributed by atoms with E-state index in [2.05, 4.69) is 36.1 Å². The molecule has 7 rings (SSSR count). The Labute approximate surface area is 468 Å². The van der Waals surface area contributed by atoms with E-state index in [9.17, 15) is 33.9 Å². The fraction of sp³-hybridized carbons (Fsp3) is 0.483. The number of thiazole rings is 1. The van der Waals surface area contributed by atoms with Gasteiger partial charge in [-0.3, -0.25) is 28.8 Å². The zero-order valence-corrected chi connectivity index (χ0v) is 47.9. The van der Waals surface area contributed by atoms with Crippen molar-refractivity contribution in [2.24, 2.45) is 5.41 Å². The van der Waals surface area contributed by atoms with Gasteiger partial charge >= 0.3 is 0 Å². The lowest BCUT2D eigenvalue weighted by Gasteiger charge is -2.35. The molecule has 0 spiro atoms. The minimum atomic E-state index is -0.908. The fourth-order valence-electron chi connectivity index (χ4n) is 10.3. The average Bonchev–Trinajstić information content (AvgIpc) is 4.05. The van der Waals surface area contributed by atoms with Crippen molar-refractivity contribution in [3.05, 3.63) is 116 Å². The largest absolute Gasteiger partial charge is 0.391 e. The summed E-state index contributed by atoms with van der Waals surface area (Å²) in [6.07, 6.45) is 7.17. The molecule has 5 heterocycles. The minimum Gasteiger partial charge on any atom is -0.391 e. The number of piperazine rings is 1. The van der Waals surface area contributed by atoms with Crippen molar-refractivity contribution in [2.75, 3.05) is 42.9 Å². The molecule has 0 aliphatic carbocycles. The van der Waals surface area contributed by atoms with Gasteiger partial charge in [-0.25, -0.2) is 9.97 Å². The van der Waals surface area contributed by atoms with Gasteiger partial charge in [0.1, 0.15) is 17.9 Å². The molecule has 3 atom stereocenters. The number of anilines is 2. The second-order valence-corrected chi connectivity index (χ2v) is 23.1. The quantitative estimate of drug-likeness (QED) is 0.0247. The van der Waals surface area contributed by atoms with Crippen LogP contribution in [0.15, 0.2) is 71.1 Å². The number of carbonyl (C=O) groups is 5. The molecule has 79 heavy (non-hydrogen) atoms. The van der Waals surface area contributed by atoms with E-state index < -0.39 is 35.4 Å². The lowest BCUT2D eigenvalue weighted by atomic mass is 9.85. The zero-order valence-electron chi connectivity index (χ0n) is 47.1. The third-order valence-electron chi connectivity index (χ3n) is 14.6. The molecule has 0 saturated carbocycles. The number of H-pyrrole nitrogens is 1. The smallest absolute Gasteiger partial charge is 0.253 e. The maximum Gasteiger partial charge on any atom is 0.253 e. The molecule has 2 fully saturated rings. The van der Waals surface area contributed by atoms with E-state index in [4.69, 9.17) is 10.4 Å². The van der Waals surface area contributed by atoms with Crippen LogP contribution < -0.4 is 31.7 Å². The molecule has 0 bridgehead atoms. The first-order valence-corrected chi connectivity index (χ1v) is 28.6. The number of unbranched alkanes of at least 4 members (excludes halogenated alkanes) is 3. The van der Waals surface area contributed by atoms with Gasteiger partial charge in [0.25, 0.3) is 11.5 Å². The van der Waals surface area contributed by atoms with E-state index in [1.165, 1.54) is 11.1 Å². The summed E-state index contributed by atoms with van der Waals surface area (Å²) in [5, 5.41) is 31.1. The molecule has 2 aliphatic rings. The second-order valence-electron chi connectivity index (χ2n) is 22.3. The number of pyridine rings is 2. The highest BCUT2D eigenvalue weighted by atomic mass is 32.1. The van der Waals surface area contributed by atoms with Gasteiger partial charge in [0, 0.05) is 112 Å². The highest BCUT2D eigenvalue weighted by molar-refractivity contribution is 7.13. The number of nitrogens with zero attached hydrogens (tertiary/aromatic N) is 5. The van der Waals surface area contributed by atoms with Crippen molar-refractivity contribution in [3.8, 4) is 21.6 Å². The topological polar surface area (TPSA) is 246 Å². The summed E-state index contributed by atoms with van der Waals surface area (Å²) in [7, 11) is 0. The van der Waals surface area contributed by atoms with Crippen LogP contribution >= 0.6 is 11.3 Å². The molecular weight excluding hydrogens is 1020 g/mol. The van der Waals surface area contributed by atoms with Gasteiger partial charge in [-0.2, -0.15) is 0 Å². The highest BCUT2D eigenvalue weighted by Crippen LogP contribution is 2.32. The van der Waals surface area contributed by atoms with Crippen LogP contribution in [-0.2, 0) is 38.7 Å². The summed E-state index contributed by atoms with van der Waals surface area (Å²) < 4.78 is 0. The SMILES string of the molecule is CCCc1cc(C)[nH]c(=O)c1CNC(=O)c1cc(-c2ccc(N3CCN(C(=O)CCCCCCC(=O)N[C@H](C(=O)N4C[C@H](O)C[C@H]4C(=O)NCc4ccc(-c5scnc5C)cc4)C(C)(C)C)CC3)nc2)cc(NC(C)C)c1C=N. The maximum atomic E-state index is 14.1. The van der Waals surface area contributed by atoms with Crippen LogP contribution in [0.2, 0.25) is 0 Å². The summed E-state index contributed by atoms with van der Waals surface area (Å²) in [5.74, 6) is -0.556. The minimum absolute atomic E-state index is 0.00133. The number of rotatable bonds is 23. The molecular formula is C60H79N11O7S. The first-order chi connectivity index (χ1) is 37.7. The number of likely N-dealkylation sites (tertiary alicyclic amines) is 1. The summed E-state index contributed by atoms with van der Waals surface area (Å²) >= 11 is 1.57. The normalized spacial score (nSPS) is 15.9. The number of aliphatic hydroxyl groups is 1. The highest BCUT2D eigenvalue weighted by Gasteiger charge is 2.44. The third kappa shape index (κ3) is 15.5. The Morgan fingerprint density at radius 3 is 2.23 bits per heavy atom. The Kier molecular flexibility index (Phi) is 20.4. The van der Waals surface area contributed by atoms with E-state index in [-0.39, 0.29) is 61.8 Å². The predicted octanol–water partition coefficient (Wildman–Crippen LogP) is 7.68. The van der Waals surface area contributed by atoms with Crippen LogP contribution in [-0.4, -0.2) is 123 Å². The van der Waals surface area contributed by atoms with Crippen LogP contribution in [0.4, 0.5) is 11.5 Å². The maximum absolute atomic E-state index is 14.1. The van der Waals surface area contributed by atoms with E-state index in [0.717, 1.165) is 69.2 Å². The number of aromatic nitrogens is 3. The summed E-state index contributed by atoms with van der Waals surface area (Å²) in [4.78, 5) is 99.6. The molecule has 2 aliphatic heterocycles. The average molecular weight is 1100 g/mol. The summed E-state index contributed by atoms with van der Waals surface area (Å²) in [6.45, 7) is 18.1. The van der Waals surface area contributed by atoms with Crippen LogP contribution in [0.3, 0.4) is 0 Å². The second kappa shape index (κ2) is 27.1. The van der Waals surface area contributed by atoms with Crippen LogP contribution in [0, 0.1) is 24.7 Å². The Morgan fingerprint density at radius 2 is 1.59 bits per heavy atom. The number of hydrogen-bond donors (Lipinski definition) is 7. The van der Waals surface area contributed by atoms with E-state index >= 15 is 0 Å². The monoisotopic (exact) mass is 1100 g/mol. The van der Waals surface area contributed by atoms with Gasteiger partial charge in [0.05, 0.1) is 27.7 Å². The van der Waals surface area contributed by atoms with E-state index in [1.807, 2.05) is 114 Å². The van der Waals surface area contributed by atoms with Crippen molar-refractivity contribution < 1.29 is 29.1 Å². The molecule has 5 amide bonds. The first-order valence-electron chi connectivity index (χ1n) is 27.7. The van der Waals surface area contributed by atoms with Gasteiger partial charge in [-0.05, 0) is 105 Å². The van der Waals surface area contributed by atoms with Gasteiger partial charge in [-0.15, -0.1) is 11.3 Å². The van der Waals surface area contributed by atoms with Gasteiger partial charge in [-0.1, -0.05) is 71.2 Å². The van der Waals surface area contributed by atoms with Crippen LogP contribution in [0.25, 0.3) is 21.6 Å². The molecule has 19 heteroatoms. The van der Waals surface area contributed by atoms with Crippen molar-refractivity contribution in [1.29, 1.82) is 5.41 Å². The Morgan fingerprint density at radius 1 is 0.886 bits per heavy atom. The Balaban J connectivity index is 0.844. The van der Waals surface area contributed by atoms with Crippen LogP contribution in [0.5, 0.6) is 0 Å². The number of β-amino-alcohol motifs (C(OH)–C–C–N with tert-alkyl or cyclic N) is 1. The van der Waals surface area contributed by atoms with Crippen molar-refractivity contribution in [1.82, 2.24) is 40.7 Å². The standard InChI is InChI=1S/C60H79N11O7S/c1-9-14-42-27-38(4)67-57(76)48(42)34-64-56(75)46-28-44(29-49(47(46)31-61)66-37(2)3)43-21-22-51(62-33-43)69-23-25-70(26-24-69)53(74)16-13-11-10-12-15-52(73)68-55(60(6,7)8)59(78)71-35-45(72)30-50(71)58(77)63-32-40-17-19-41(20-18-40)54-39(5)65-36-79-54/h17-22,27-29,31,33,36-37,45,50,55,61,66,72H,9-16,23-26,30,32,34-35H2,1-8H3,(H,63,77)(H,64,75)(H,67,76)(H,68,73)/t45-,50+,55-/m1/s1. The molecule has 0 radical (unpaired) electrons. The van der Waals surface area contributed by atoms with Crippen LogP contribution in [0.1, 0.15) is 137 Å². The van der Waals surface area contributed by atoms with Gasteiger partial charge in [0.2, 0.25) is 23.6 Å². The number of carbonyl (C=O) groups excluding carboxylic acids is 5. The molecule has 5 aromatic rings. The van der Waals surface area contributed by atoms with Crippen molar-refractivity contribution >= 4 is 58.6 Å². The Hall–Kier alpha value is -7.25. The molecule has 7 N–H and O–H groups in total. The summed E-state index contributed by atoms with van der Waals surface area (Å²) in [6, 6.07) is 15.7. The van der Waals surface area contributed by atoms with Gasteiger partial charge in [0.15, 0.2) is 0 Å². The summed E-state index contributed by atoms with van der Waals surface area (Å²) in [5.41, 5.74) is 8.93. The number of amides is 5. The van der Waals surface area contributed by atoms with Crippen molar-refractivity contribution in [2.45, 2.75) is 150 Å². The number of nitrogens with one attached hydrogen (secondary N) is 6. The van der Waals surface area contributed by atoms with E-state index in [0.29, 0.717) is 74.2 Å². The third-order valence-corrected chi connectivity index (χ3v) is 15.6. The molecule has 2 aromatic carbocycles. The lowest BCUT2D eigenvalue weighted by Crippen LogP contribution is -2.57. The fourth-order valence-corrected chi connectivity index (χ4v) is 11.2. The first kappa shape index (κ1) is 59.4. The number of aliphatic hydroxyl groups excluding tert-OH is 1. The zero-order chi connectivity index (χ0) is 57.0. The number of hydrogen-bond acceptors (Lipinski definition) is 13. The molecule has 3 aromatic heterocycles. The predicted molar refractivity (Wildman–Crippen MR) is 311 cm³/mol.